The summed E-state index contributed by atoms with van der Waals surface area (Å²) in [5.41, 5.74) is 0.333. The minimum atomic E-state index is -3.57. The van der Waals surface area contributed by atoms with Crippen LogP contribution in [0.3, 0.4) is 0 Å². The van der Waals surface area contributed by atoms with Gasteiger partial charge in [-0.05, 0) is 35.6 Å². The van der Waals surface area contributed by atoms with Crippen LogP contribution in [0.2, 0.25) is 0 Å². The van der Waals surface area contributed by atoms with E-state index in [0.717, 1.165) is 9.18 Å². The van der Waals surface area contributed by atoms with Crippen LogP contribution in [0.4, 0.5) is 0 Å². The molecule has 1 aromatic heterocycles. The summed E-state index contributed by atoms with van der Waals surface area (Å²) in [4.78, 5) is 13.8. The Morgan fingerprint density at radius 2 is 1.88 bits per heavy atom. The van der Waals surface area contributed by atoms with E-state index in [0.29, 0.717) is 5.56 Å². The predicted molar refractivity (Wildman–Crippen MR) is 96.7 cm³/mol. The van der Waals surface area contributed by atoms with Crippen LogP contribution in [0.1, 0.15) is 35.1 Å². The highest BCUT2D eigenvalue weighted by atomic mass is 32.2. The molecule has 0 fully saturated rings. The summed E-state index contributed by atoms with van der Waals surface area (Å²) in [6.07, 6.45) is 0. The van der Waals surface area contributed by atoms with Gasteiger partial charge in [0.2, 0.25) is 10.0 Å². The molecule has 1 heterocycles. The average molecular weight is 367 g/mol. The summed E-state index contributed by atoms with van der Waals surface area (Å²) in [5, 5.41) is 4.98. The Hall–Kier alpha value is -1.70. The van der Waals surface area contributed by atoms with Crippen LogP contribution in [-0.2, 0) is 10.0 Å². The molecule has 0 unspecified atom stereocenters. The van der Waals surface area contributed by atoms with Crippen LogP contribution in [-0.4, -0.2) is 32.7 Å². The topological polar surface area (TPSA) is 66.5 Å². The van der Waals surface area contributed by atoms with Crippen molar-refractivity contribution in [1.82, 2.24) is 9.62 Å². The van der Waals surface area contributed by atoms with Gasteiger partial charge in [0.15, 0.2) is 0 Å². The lowest BCUT2D eigenvalue weighted by Crippen LogP contribution is -2.31. The maximum absolute atomic E-state index is 12.6. The number of hydrogen-bond acceptors (Lipinski definition) is 4. The lowest BCUT2D eigenvalue weighted by Gasteiger charge is -2.21. The van der Waals surface area contributed by atoms with Crippen molar-refractivity contribution in [3.8, 4) is 0 Å². The highest BCUT2D eigenvalue weighted by Gasteiger charge is 2.22. The van der Waals surface area contributed by atoms with Gasteiger partial charge >= 0.3 is 0 Å². The second-order valence-electron chi connectivity index (χ2n) is 6.03. The number of sulfonamides is 1. The first-order valence-electron chi connectivity index (χ1n) is 7.60. The van der Waals surface area contributed by atoms with E-state index in [1.807, 2.05) is 31.4 Å². The maximum atomic E-state index is 12.6. The Labute approximate surface area is 147 Å². The molecule has 5 nitrogen and oxygen atoms in total. The summed E-state index contributed by atoms with van der Waals surface area (Å²) >= 11 is 1.59. The third-order valence-electron chi connectivity index (χ3n) is 3.68. The normalized spacial score (nSPS) is 13.2. The molecule has 0 bridgehead atoms. The third kappa shape index (κ3) is 4.03. The number of amides is 1. The second-order valence-corrected chi connectivity index (χ2v) is 9.16. The number of thiophene rings is 1. The van der Waals surface area contributed by atoms with Gasteiger partial charge in [-0.1, -0.05) is 26.0 Å². The molecule has 0 spiro atoms. The minimum absolute atomic E-state index is 0.105. The van der Waals surface area contributed by atoms with Gasteiger partial charge in [0.05, 0.1) is 10.9 Å². The smallest absolute Gasteiger partial charge is 0.251 e. The van der Waals surface area contributed by atoms with Crippen molar-refractivity contribution >= 4 is 27.3 Å². The summed E-state index contributed by atoms with van der Waals surface area (Å²) < 4.78 is 25.6. The van der Waals surface area contributed by atoms with Gasteiger partial charge < -0.3 is 5.32 Å². The predicted octanol–water partition coefficient (Wildman–Crippen LogP) is 3.13. The number of benzene rings is 1. The molecule has 2 aromatic rings. The Bertz CT molecular complexity index is 797. The Kier molecular flexibility index (Phi) is 5.79. The third-order valence-corrected chi connectivity index (χ3v) is 6.44. The van der Waals surface area contributed by atoms with Crippen LogP contribution in [0.5, 0.6) is 0 Å². The second kappa shape index (κ2) is 7.46. The van der Waals surface area contributed by atoms with Crippen molar-refractivity contribution in [2.45, 2.75) is 24.8 Å². The first kappa shape index (κ1) is 18.6. The van der Waals surface area contributed by atoms with Crippen molar-refractivity contribution in [1.29, 1.82) is 0 Å². The first-order valence-corrected chi connectivity index (χ1v) is 9.92. The van der Waals surface area contributed by atoms with Crippen LogP contribution in [0, 0.1) is 5.92 Å². The highest BCUT2D eigenvalue weighted by Crippen LogP contribution is 2.26. The lowest BCUT2D eigenvalue weighted by molar-refractivity contribution is 0.0926. The van der Waals surface area contributed by atoms with E-state index < -0.39 is 10.0 Å². The van der Waals surface area contributed by atoms with Crippen LogP contribution in [0.15, 0.2) is 46.7 Å². The molecular formula is C17H22N2O3S2. The molecule has 1 N–H and O–H groups in total. The van der Waals surface area contributed by atoms with E-state index in [2.05, 4.69) is 5.32 Å². The molecule has 0 saturated carbocycles. The number of nitrogens with one attached hydrogen (secondary N) is 1. The number of nitrogens with zero attached hydrogens (tertiary/aromatic N) is 1. The van der Waals surface area contributed by atoms with Crippen molar-refractivity contribution in [3.05, 3.63) is 52.2 Å². The standard InChI is InChI=1S/C17H22N2O3S2/c1-12(2)16(15-9-6-10-23-15)18-17(20)13-7-5-8-14(11-13)24(21,22)19(3)4/h5-12,16H,1-4H3,(H,18,20)/t16-/m1/s1. The van der Waals surface area contributed by atoms with E-state index in [1.54, 1.807) is 23.5 Å². The fourth-order valence-electron chi connectivity index (χ4n) is 2.27. The molecule has 130 valence electrons. The molecule has 1 atom stereocenters. The molecule has 0 radical (unpaired) electrons. The summed E-state index contributed by atoms with van der Waals surface area (Å²) in [6, 6.07) is 9.94. The fourth-order valence-corrected chi connectivity index (χ4v) is 4.16. The number of rotatable bonds is 6. The fraction of sp³-hybridized carbons (Fsp3) is 0.353. The zero-order chi connectivity index (χ0) is 17.9. The van der Waals surface area contributed by atoms with E-state index >= 15 is 0 Å². The number of carbonyl (C=O) groups excluding carboxylic acids is 1. The van der Waals surface area contributed by atoms with Gasteiger partial charge in [0.25, 0.3) is 5.91 Å². The summed E-state index contributed by atoms with van der Waals surface area (Å²) in [6.45, 7) is 4.08. The Morgan fingerprint density at radius 3 is 2.42 bits per heavy atom. The molecule has 0 aliphatic rings. The van der Waals surface area contributed by atoms with Crippen molar-refractivity contribution in [3.63, 3.8) is 0 Å². The monoisotopic (exact) mass is 366 g/mol. The number of hydrogen-bond donors (Lipinski definition) is 1. The van der Waals surface area contributed by atoms with Crippen LogP contribution >= 0.6 is 11.3 Å². The minimum Gasteiger partial charge on any atom is -0.344 e. The highest BCUT2D eigenvalue weighted by molar-refractivity contribution is 7.89. The molecule has 0 aliphatic heterocycles. The van der Waals surface area contributed by atoms with Gasteiger partial charge in [-0.15, -0.1) is 11.3 Å². The Balaban J connectivity index is 2.27. The van der Waals surface area contributed by atoms with Gasteiger partial charge in [-0.3, -0.25) is 4.79 Å². The average Bonchev–Trinajstić information content (AvgIpc) is 3.06. The van der Waals surface area contributed by atoms with Crippen LogP contribution in [0.25, 0.3) is 0 Å². The lowest BCUT2D eigenvalue weighted by atomic mass is 10.0. The molecule has 24 heavy (non-hydrogen) atoms. The van der Waals surface area contributed by atoms with Crippen LogP contribution < -0.4 is 5.32 Å². The van der Waals surface area contributed by atoms with Gasteiger partial charge in [-0.2, -0.15) is 0 Å². The SMILES string of the molecule is CC(C)[C@@H](NC(=O)c1cccc(S(=O)(=O)N(C)C)c1)c1cccs1. The zero-order valence-electron chi connectivity index (χ0n) is 14.2. The Morgan fingerprint density at radius 1 is 1.17 bits per heavy atom. The van der Waals surface area contributed by atoms with E-state index in [9.17, 15) is 13.2 Å². The summed E-state index contributed by atoms with van der Waals surface area (Å²) in [5.74, 6) is -0.0563. The van der Waals surface area contributed by atoms with E-state index in [4.69, 9.17) is 0 Å². The zero-order valence-corrected chi connectivity index (χ0v) is 15.8. The number of carbonyl (C=O) groups is 1. The van der Waals surface area contributed by atoms with Crippen molar-refractivity contribution < 1.29 is 13.2 Å². The van der Waals surface area contributed by atoms with Gasteiger partial charge in [0.1, 0.15) is 0 Å². The quantitative estimate of drug-likeness (QED) is 0.854. The first-order chi connectivity index (χ1) is 11.2. The van der Waals surface area contributed by atoms with Crippen molar-refractivity contribution in [2.75, 3.05) is 14.1 Å². The largest absolute Gasteiger partial charge is 0.344 e. The van der Waals surface area contributed by atoms with Gasteiger partial charge in [0, 0.05) is 24.5 Å². The summed E-state index contributed by atoms with van der Waals surface area (Å²) in [7, 11) is -0.634. The van der Waals surface area contributed by atoms with Gasteiger partial charge in [-0.25, -0.2) is 12.7 Å². The molecule has 0 saturated heterocycles. The molecule has 7 heteroatoms. The maximum Gasteiger partial charge on any atom is 0.251 e. The molecular weight excluding hydrogens is 344 g/mol. The molecule has 1 amide bonds. The van der Waals surface area contributed by atoms with E-state index in [1.165, 1.54) is 26.2 Å². The molecule has 2 rings (SSSR count). The van der Waals surface area contributed by atoms with Crippen molar-refractivity contribution in [2.24, 2.45) is 5.92 Å². The van der Waals surface area contributed by atoms with E-state index in [-0.39, 0.29) is 22.8 Å². The molecule has 1 aromatic carbocycles. The molecule has 0 aliphatic carbocycles.